The molecule has 3 fully saturated rings. The van der Waals surface area contributed by atoms with Crippen molar-refractivity contribution >= 4 is 29.8 Å². The summed E-state index contributed by atoms with van der Waals surface area (Å²) < 4.78 is 42.4. The number of fused-ring (bicyclic) bond motifs is 5. The predicted octanol–water partition coefficient (Wildman–Crippen LogP) is 4.42. The first-order valence-electron chi connectivity index (χ1n) is 20.1. The molecule has 12 atom stereocenters. The second-order valence-corrected chi connectivity index (χ2v) is 18.0. The van der Waals surface area contributed by atoms with Gasteiger partial charge in [-0.2, -0.15) is 0 Å². The average Bonchev–Trinajstić information content (AvgIpc) is 3.17. The van der Waals surface area contributed by atoms with Crippen molar-refractivity contribution in [3.63, 3.8) is 0 Å². The summed E-state index contributed by atoms with van der Waals surface area (Å²) in [5, 5.41) is 27.1. The number of benzene rings is 2. The van der Waals surface area contributed by atoms with E-state index in [9.17, 15) is 29.4 Å². The van der Waals surface area contributed by atoms with Crippen molar-refractivity contribution in [2.45, 2.75) is 122 Å². The summed E-state index contributed by atoms with van der Waals surface area (Å²) in [7, 11) is 2.82. The van der Waals surface area contributed by atoms with E-state index < -0.39 is 112 Å². The zero-order chi connectivity index (χ0) is 44.1. The Morgan fingerprint density at radius 1 is 0.933 bits per heavy atom. The number of ketones is 1. The molecule has 1 aliphatic heterocycles. The summed E-state index contributed by atoms with van der Waals surface area (Å²) in [4.78, 5) is 70.1. The van der Waals surface area contributed by atoms with E-state index in [1.54, 1.807) is 109 Å². The largest absolute Gasteiger partial charge is 0.458 e. The molecule has 15 nitrogen and oxygen atoms in total. The van der Waals surface area contributed by atoms with Gasteiger partial charge in [-0.25, -0.2) is 14.4 Å². The molecule has 3 aliphatic carbocycles. The van der Waals surface area contributed by atoms with Gasteiger partial charge in [0.2, 0.25) is 0 Å². The summed E-state index contributed by atoms with van der Waals surface area (Å²) in [5.41, 5.74) is -4.12. The number of nitrogens with one attached hydrogen (secondary N) is 1. The van der Waals surface area contributed by atoms with Gasteiger partial charge >= 0.3 is 24.0 Å². The molecule has 2 aromatic carbocycles. The van der Waals surface area contributed by atoms with Crippen molar-refractivity contribution in [3.05, 3.63) is 82.9 Å². The highest BCUT2D eigenvalue weighted by Crippen LogP contribution is 2.63. The van der Waals surface area contributed by atoms with E-state index in [1.807, 2.05) is 0 Å². The van der Waals surface area contributed by atoms with Gasteiger partial charge in [-0.05, 0) is 68.9 Å². The van der Waals surface area contributed by atoms with Crippen LogP contribution in [0.2, 0.25) is 0 Å². The highest BCUT2D eigenvalue weighted by atomic mass is 16.6. The standard InChI is InChI=1S/C45H57NO14/c1-23-29-36(55-10)38(50)44(8)27(54-9)21-28-45(22-56-28,59-24(2)47)37(44)35(58-39(51)26-19-15-12-16-20-26)30(43(29,6)7)32(48)34(23)57-40(52)33(49)31(25-17-13-11-14-18-25)46-41(53)60-42(3,4)5/h11-20,27-28,30-37,48-49H,21-22H2,1-10H3,(H,46,53)/t27-,28+,30?,31-,32+,33+,34+,35+,36+,37-,44+,45-/m0/s1. The predicted molar refractivity (Wildman–Crippen MR) is 213 cm³/mol. The van der Waals surface area contributed by atoms with Crippen LogP contribution in [0, 0.1) is 22.7 Å². The van der Waals surface area contributed by atoms with Gasteiger partial charge < -0.3 is 48.7 Å². The molecule has 0 aromatic heterocycles. The van der Waals surface area contributed by atoms with Crippen LogP contribution < -0.4 is 5.32 Å². The molecule has 2 saturated carbocycles. The van der Waals surface area contributed by atoms with E-state index in [-0.39, 0.29) is 24.2 Å². The molecular weight excluding hydrogens is 778 g/mol. The maximum atomic E-state index is 15.5. The van der Waals surface area contributed by atoms with Crippen molar-refractivity contribution in [1.82, 2.24) is 5.32 Å². The summed E-state index contributed by atoms with van der Waals surface area (Å²) in [6, 6.07) is 15.1. The molecule has 15 heteroatoms. The average molecular weight is 836 g/mol. The monoisotopic (exact) mass is 835 g/mol. The second-order valence-electron chi connectivity index (χ2n) is 18.0. The Kier molecular flexibility index (Phi) is 12.5. The normalized spacial score (nSPS) is 33.0. The summed E-state index contributed by atoms with van der Waals surface area (Å²) in [5.74, 6) is -5.54. The molecule has 2 bridgehead atoms. The maximum Gasteiger partial charge on any atom is 0.408 e. The number of hydrogen-bond acceptors (Lipinski definition) is 14. The number of ether oxygens (including phenoxy) is 7. The highest BCUT2D eigenvalue weighted by molar-refractivity contribution is 5.94. The van der Waals surface area contributed by atoms with Crippen LogP contribution in [-0.2, 0) is 47.5 Å². The van der Waals surface area contributed by atoms with E-state index in [0.29, 0.717) is 11.1 Å². The van der Waals surface area contributed by atoms with Crippen LogP contribution >= 0.6 is 0 Å². The van der Waals surface area contributed by atoms with Crippen molar-refractivity contribution in [1.29, 1.82) is 0 Å². The number of aliphatic hydroxyl groups excluding tert-OH is 2. The number of carbonyl (C=O) groups excluding carboxylic acids is 5. The van der Waals surface area contributed by atoms with Gasteiger partial charge in [-0.1, -0.05) is 62.4 Å². The van der Waals surface area contributed by atoms with Crippen LogP contribution in [0.3, 0.4) is 0 Å². The van der Waals surface area contributed by atoms with Crippen molar-refractivity contribution in [3.8, 4) is 0 Å². The molecule has 1 heterocycles. The molecule has 3 N–H and O–H groups in total. The Balaban J connectivity index is 1.52. The zero-order valence-corrected chi connectivity index (χ0v) is 35.8. The van der Waals surface area contributed by atoms with Crippen LogP contribution in [0.4, 0.5) is 4.79 Å². The Morgan fingerprint density at radius 2 is 1.55 bits per heavy atom. The number of rotatable bonds is 10. The first-order chi connectivity index (χ1) is 28.1. The minimum Gasteiger partial charge on any atom is -0.458 e. The molecular formula is C45H57NO14. The van der Waals surface area contributed by atoms with Crippen LogP contribution in [0.25, 0.3) is 0 Å². The molecule has 60 heavy (non-hydrogen) atoms. The third-order valence-electron chi connectivity index (χ3n) is 12.8. The van der Waals surface area contributed by atoms with E-state index in [4.69, 9.17) is 33.2 Å². The SMILES string of the molecule is CO[C@H]1C(=O)[C@]2(C)[C@@H](OC)C[C@H]3OC[C@@]3(OC(C)=O)[C@H]2[C@H](OC(=O)c2ccccc2)C2[C@@H](O)[C@H](OC(=O)[C@H](O)[C@@H](NC(=O)OC(C)(C)C)c3ccccc3)C(C)=C1C2(C)C. The summed E-state index contributed by atoms with van der Waals surface area (Å²) >= 11 is 0. The molecule has 1 saturated heterocycles. The third kappa shape index (κ3) is 7.74. The minimum absolute atomic E-state index is 0.144. The Hall–Kier alpha value is -4.67. The molecule has 6 rings (SSSR count). The van der Waals surface area contributed by atoms with Crippen molar-refractivity contribution in [2.75, 3.05) is 20.8 Å². The van der Waals surface area contributed by atoms with Crippen LogP contribution in [0.5, 0.6) is 0 Å². The molecule has 4 aliphatic rings. The summed E-state index contributed by atoms with van der Waals surface area (Å²) in [6.07, 6.45) is -10.4. The smallest absolute Gasteiger partial charge is 0.408 e. The molecule has 0 radical (unpaired) electrons. The maximum absolute atomic E-state index is 15.5. The Labute approximate surface area is 350 Å². The quantitative estimate of drug-likeness (QED) is 0.172. The molecule has 326 valence electrons. The first-order valence-corrected chi connectivity index (χ1v) is 20.1. The second kappa shape index (κ2) is 16.7. The van der Waals surface area contributed by atoms with Gasteiger partial charge in [-0.3, -0.25) is 9.59 Å². The van der Waals surface area contributed by atoms with Crippen molar-refractivity contribution < 1.29 is 67.3 Å². The van der Waals surface area contributed by atoms with Crippen LogP contribution in [0.15, 0.2) is 71.8 Å². The van der Waals surface area contributed by atoms with E-state index >= 15 is 4.79 Å². The van der Waals surface area contributed by atoms with Gasteiger partial charge in [0, 0.05) is 33.5 Å². The topological polar surface area (TPSA) is 202 Å². The number of aliphatic hydroxyl groups is 2. The Morgan fingerprint density at radius 3 is 2.08 bits per heavy atom. The number of Topliss-reactive ketones (excluding diaryl/α,β-unsaturated/α-hetero) is 1. The fourth-order valence-electron chi connectivity index (χ4n) is 10.3. The van der Waals surface area contributed by atoms with E-state index in [0.717, 1.165) is 0 Å². The van der Waals surface area contributed by atoms with Gasteiger partial charge in [0.05, 0.1) is 35.6 Å². The highest BCUT2D eigenvalue weighted by Gasteiger charge is 2.76. The van der Waals surface area contributed by atoms with E-state index in [2.05, 4.69) is 5.32 Å². The Bertz CT molecular complexity index is 1990. The fraction of sp³-hybridized carbons (Fsp3) is 0.578. The number of hydrogen-bond donors (Lipinski definition) is 3. The van der Waals surface area contributed by atoms with Gasteiger partial charge in [0.25, 0.3) is 0 Å². The number of alkyl carbamates (subject to hydrolysis) is 1. The zero-order valence-electron chi connectivity index (χ0n) is 35.8. The lowest BCUT2D eigenvalue weighted by molar-refractivity contribution is -0.339. The molecule has 0 spiro atoms. The third-order valence-corrected chi connectivity index (χ3v) is 12.8. The van der Waals surface area contributed by atoms with Gasteiger partial charge in [-0.15, -0.1) is 0 Å². The molecule has 1 amide bonds. The number of amides is 1. The number of carbonyl (C=O) groups is 5. The van der Waals surface area contributed by atoms with Crippen LogP contribution in [-0.4, -0.2) is 115 Å². The molecule has 1 unspecified atom stereocenters. The van der Waals surface area contributed by atoms with Gasteiger partial charge in [0.1, 0.15) is 36.1 Å². The number of esters is 3. The summed E-state index contributed by atoms with van der Waals surface area (Å²) in [6.45, 7) is 12.9. The van der Waals surface area contributed by atoms with E-state index in [1.165, 1.54) is 21.1 Å². The van der Waals surface area contributed by atoms with Crippen molar-refractivity contribution in [2.24, 2.45) is 22.7 Å². The molecule has 2 aromatic rings. The lowest BCUT2D eigenvalue weighted by Crippen LogP contribution is -2.80. The minimum atomic E-state index is -2.03. The lowest BCUT2D eigenvalue weighted by atomic mass is 9.45. The lowest BCUT2D eigenvalue weighted by Gasteiger charge is -2.66. The number of methoxy groups -OCH3 is 2. The van der Waals surface area contributed by atoms with Crippen LogP contribution in [0.1, 0.15) is 83.8 Å². The fourth-order valence-corrected chi connectivity index (χ4v) is 10.3. The van der Waals surface area contributed by atoms with Gasteiger partial charge in [0.15, 0.2) is 17.5 Å². The first kappa shape index (κ1) is 44.9.